The van der Waals surface area contributed by atoms with Gasteiger partial charge in [0, 0.05) is 13.2 Å². The van der Waals surface area contributed by atoms with Crippen LogP contribution < -0.4 is 5.32 Å². The average molecular weight is 277 g/mol. The minimum Gasteiger partial charge on any atom is -0.379 e. The zero-order valence-electron chi connectivity index (χ0n) is 12.7. The summed E-state index contributed by atoms with van der Waals surface area (Å²) in [6, 6.07) is 10.3. The molecule has 0 bridgehead atoms. The number of rotatable bonds is 11. The minimum absolute atomic E-state index is 0.328. The number of hydrogen-bond donors (Lipinski definition) is 1. The largest absolute Gasteiger partial charge is 0.379 e. The van der Waals surface area contributed by atoms with Gasteiger partial charge in [-0.25, -0.2) is 0 Å². The van der Waals surface area contributed by atoms with Crippen molar-refractivity contribution < 1.29 is 9.47 Å². The van der Waals surface area contributed by atoms with Crippen molar-refractivity contribution >= 4 is 6.08 Å². The highest BCUT2D eigenvalue weighted by molar-refractivity contribution is 5.48. The second-order valence-electron chi connectivity index (χ2n) is 4.91. The summed E-state index contributed by atoms with van der Waals surface area (Å²) in [6.45, 7) is 8.22. The third-order valence-electron chi connectivity index (χ3n) is 2.70. The normalized spacial score (nSPS) is 11.6. The smallest absolute Gasteiger partial charge is 0.0651 e. The summed E-state index contributed by atoms with van der Waals surface area (Å²) in [5.74, 6) is 0. The molecule has 0 atom stereocenters. The molecule has 3 nitrogen and oxygen atoms in total. The van der Waals surface area contributed by atoms with Gasteiger partial charge in [0.1, 0.15) is 0 Å². The van der Waals surface area contributed by atoms with Crippen molar-refractivity contribution in [1.29, 1.82) is 0 Å². The van der Waals surface area contributed by atoms with Crippen LogP contribution in [0.25, 0.3) is 6.08 Å². The molecule has 1 rings (SSSR count). The molecule has 0 unspecified atom stereocenters. The van der Waals surface area contributed by atoms with E-state index < -0.39 is 0 Å². The van der Waals surface area contributed by atoms with E-state index in [2.05, 4.69) is 37.4 Å². The van der Waals surface area contributed by atoms with Gasteiger partial charge in [0.15, 0.2) is 0 Å². The van der Waals surface area contributed by atoms with Gasteiger partial charge in [-0.2, -0.15) is 0 Å². The zero-order chi connectivity index (χ0) is 14.5. The lowest BCUT2D eigenvalue weighted by atomic mass is 10.2. The average Bonchev–Trinajstić information content (AvgIpc) is 2.45. The molecule has 0 radical (unpaired) electrons. The number of hydrogen-bond acceptors (Lipinski definition) is 3. The van der Waals surface area contributed by atoms with Crippen LogP contribution in [0.2, 0.25) is 0 Å². The van der Waals surface area contributed by atoms with Crippen molar-refractivity contribution in [2.75, 3.05) is 32.9 Å². The Kier molecular flexibility index (Phi) is 9.84. The molecule has 112 valence electrons. The summed E-state index contributed by atoms with van der Waals surface area (Å²) >= 11 is 0. The van der Waals surface area contributed by atoms with E-state index >= 15 is 0 Å². The van der Waals surface area contributed by atoms with Gasteiger partial charge in [-0.15, -0.1) is 0 Å². The van der Waals surface area contributed by atoms with Crippen molar-refractivity contribution in [2.24, 2.45) is 0 Å². The molecule has 0 aliphatic carbocycles. The molecule has 1 aromatic rings. The van der Waals surface area contributed by atoms with Crippen LogP contribution in [0.5, 0.6) is 0 Å². The Morgan fingerprint density at radius 3 is 2.65 bits per heavy atom. The van der Waals surface area contributed by atoms with E-state index in [1.807, 2.05) is 24.3 Å². The standard InChI is InChI=1S/C17H27NO2/c1-16(2)20-14-7-11-18-12-15-19-13-6-10-17-8-4-3-5-9-17/h3-6,8-10,16,18H,7,11-15H2,1-2H3. The molecule has 1 aromatic carbocycles. The van der Waals surface area contributed by atoms with Gasteiger partial charge in [0.25, 0.3) is 0 Å². The van der Waals surface area contributed by atoms with Crippen molar-refractivity contribution in [1.82, 2.24) is 5.32 Å². The van der Waals surface area contributed by atoms with Crippen molar-refractivity contribution in [3.8, 4) is 0 Å². The summed E-state index contributed by atoms with van der Waals surface area (Å²) in [5, 5.41) is 3.34. The Balaban J connectivity index is 1.87. The Labute approximate surface area is 123 Å². The Morgan fingerprint density at radius 2 is 1.90 bits per heavy atom. The number of ether oxygens (including phenoxy) is 2. The molecule has 0 aliphatic rings. The first-order valence-electron chi connectivity index (χ1n) is 7.40. The number of benzene rings is 1. The SMILES string of the molecule is CC(C)OCCCNCCOCC=Cc1ccccc1. The molecule has 0 aliphatic heterocycles. The summed E-state index contributed by atoms with van der Waals surface area (Å²) < 4.78 is 11.0. The van der Waals surface area contributed by atoms with E-state index in [9.17, 15) is 0 Å². The predicted octanol–water partition coefficient (Wildman–Crippen LogP) is 3.12. The monoisotopic (exact) mass is 277 g/mol. The zero-order valence-corrected chi connectivity index (χ0v) is 12.7. The van der Waals surface area contributed by atoms with Crippen LogP contribution in [0.4, 0.5) is 0 Å². The Morgan fingerprint density at radius 1 is 1.10 bits per heavy atom. The lowest BCUT2D eigenvalue weighted by molar-refractivity contribution is 0.0766. The summed E-state index contributed by atoms with van der Waals surface area (Å²) in [7, 11) is 0. The van der Waals surface area contributed by atoms with Gasteiger partial charge in [-0.3, -0.25) is 0 Å². The van der Waals surface area contributed by atoms with E-state index in [4.69, 9.17) is 9.47 Å². The third-order valence-corrected chi connectivity index (χ3v) is 2.70. The van der Waals surface area contributed by atoms with Gasteiger partial charge in [0.05, 0.1) is 19.3 Å². The van der Waals surface area contributed by atoms with Crippen molar-refractivity contribution in [2.45, 2.75) is 26.4 Å². The Hall–Kier alpha value is -1.16. The van der Waals surface area contributed by atoms with Gasteiger partial charge < -0.3 is 14.8 Å². The maximum Gasteiger partial charge on any atom is 0.0651 e. The highest BCUT2D eigenvalue weighted by Gasteiger charge is 1.93. The fraction of sp³-hybridized carbons (Fsp3) is 0.529. The maximum atomic E-state index is 5.52. The lowest BCUT2D eigenvalue weighted by Gasteiger charge is -2.08. The first kappa shape index (κ1) is 16.9. The van der Waals surface area contributed by atoms with E-state index in [1.54, 1.807) is 0 Å². The van der Waals surface area contributed by atoms with Crippen LogP contribution >= 0.6 is 0 Å². The van der Waals surface area contributed by atoms with E-state index in [-0.39, 0.29) is 0 Å². The quantitative estimate of drug-likeness (QED) is 0.630. The molecule has 0 saturated carbocycles. The highest BCUT2D eigenvalue weighted by Crippen LogP contribution is 2.00. The van der Waals surface area contributed by atoms with Crippen LogP contribution in [0.1, 0.15) is 25.8 Å². The second-order valence-corrected chi connectivity index (χ2v) is 4.91. The molecule has 3 heteroatoms. The van der Waals surface area contributed by atoms with E-state index in [0.717, 1.165) is 32.7 Å². The summed E-state index contributed by atoms with van der Waals surface area (Å²) in [5.41, 5.74) is 1.21. The molecule has 0 fully saturated rings. The van der Waals surface area contributed by atoms with Crippen molar-refractivity contribution in [3.05, 3.63) is 42.0 Å². The van der Waals surface area contributed by atoms with Crippen LogP contribution in [0, 0.1) is 0 Å². The molecular weight excluding hydrogens is 250 g/mol. The molecule has 0 spiro atoms. The van der Waals surface area contributed by atoms with Crippen LogP contribution in [-0.2, 0) is 9.47 Å². The summed E-state index contributed by atoms with van der Waals surface area (Å²) in [4.78, 5) is 0. The Bertz CT molecular complexity index is 349. The molecule has 0 aromatic heterocycles. The van der Waals surface area contributed by atoms with E-state index in [1.165, 1.54) is 5.56 Å². The van der Waals surface area contributed by atoms with Crippen LogP contribution in [0.3, 0.4) is 0 Å². The maximum absolute atomic E-state index is 5.52. The molecular formula is C17H27NO2. The van der Waals surface area contributed by atoms with E-state index in [0.29, 0.717) is 12.7 Å². The van der Waals surface area contributed by atoms with Crippen LogP contribution in [-0.4, -0.2) is 39.0 Å². The van der Waals surface area contributed by atoms with Crippen LogP contribution in [0.15, 0.2) is 36.4 Å². The highest BCUT2D eigenvalue weighted by atomic mass is 16.5. The summed E-state index contributed by atoms with van der Waals surface area (Å²) in [6.07, 6.45) is 5.50. The minimum atomic E-state index is 0.328. The molecule has 0 heterocycles. The molecule has 1 N–H and O–H groups in total. The van der Waals surface area contributed by atoms with Gasteiger partial charge in [-0.1, -0.05) is 42.5 Å². The first-order valence-corrected chi connectivity index (χ1v) is 7.40. The van der Waals surface area contributed by atoms with Gasteiger partial charge in [0.2, 0.25) is 0 Å². The second kappa shape index (κ2) is 11.6. The fourth-order valence-electron chi connectivity index (χ4n) is 1.69. The fourth-order valence-corrected chi connectivity index (χ4v) is 1.69. The number of nitrogens with one attached hydrogen (secondary N) is 1. The van der Waals surface area contributed by atoms with Gasteiger partial charge >= 0.3 is 0 Å². The lowest BCUT2D eigenvalue weighted by Crippen LogP contribution is -2.22. The first-order chi connectivity index (χ1) is 9.79. The molecule has 0 saturated heterocycles. The molecule has 0 amide bonds. The molecule has 20 heavy (non-hydrogen) atoms. The third kappa shape index (κ3) is 9.73. The van der Waals surface area contributed by atoms with Crippen molar-refractivity contribution in [3.63, 3.8) is 0 Å². The topological polar surface area (TPSA) is 30.5 Å². The van der Waals surface area contributed by atoms with Gasteiger partial charge in [-0.05, 0) is 32.4 Å². The predicted molar refractivity (Wildman–Crippen MR) is 84.9 cm³/mol.